The lowest BCUT2D eigenvalue weighted by Gasteiger charge is -2.12. The van der Waals surface area contributed by atoms with Crippen molar-refractivity contribution >= 4 is 74.8 Å². The molecule has 0 saturated carbocycles. The second-order valence-corrected chi connectivity index (χ2v) is 8.47. The van der Waals surface area contributed by atoms with Crippen molar-refractivity contribution in [3.63, 3.8) is 0 Å². The molecule has 0 aromatic heterocycles. The predicted octanol–water partition coefficient (Wildman–Crippen LogP) is 4.33. The Morgan fingerprint density at radius 2 is 2.00 bits per heavy atom. The second kappa shape index (κ2) is 9.06. The minimum Gasteiger partial charge on any atom is -0.504 e. The summed E-state index contributed by atoms with van der Waals surface area (Å²) in [4.78, 5) is 38.1. The average molecular weight is 545 g/mol. The van der Waals surface area contributed by atoms with Crippen LogP contribution < -0.4 is 10.1 Å². The Hall–Kier alpha value is -2.24. The molecule has 0 unspecified atom stereocenters. The molecule has 1 fully saturated rings. The first-order valence-corrected chi connectivity index (χ1v) is 10.4. The normalized spacial score (nSPS) is 15.1. The summed E-state index contributed by atoms with van der Waals surface area (Å²) in [6.45, 7) is -0.402. The quantitative estimate of drug-likeness (QED) is 0.430. The molecule has 1 aliphatic rings. The number of imide groups is 1. The molecule has 0 radical (unpaired) electrons. The van der Waals surface area contributed by atoms with Crippen molar-refractivity contribution in [2.24, 2.45) is 0 Å². The number of nitrogens with zero attached hydrogens (tertiary/aromatic N) is 1. The Morgan fingerprint density at radius 3 is 2.66 bits per heavy atom. The highest BCUT2D eigenvalue weighted by atomic mass is 127. The van der Waals surface area contributed by atoms with Crippen LogP contribution in [0.4, 0.5) is 10.5 Å². The highest BCUT2D eigenvalue weighted by Crippen LogP contribution is 2.36. The van der Waals surface area contributed by atoms with E-state index < -0.39 is 23.6 Å². The fourth-order valence-electron chi connectivity index (χ4n) is 2.50. The number of amides is 3. The van der Waals surface area contributed by atoms with Crippen molar-refractivity contribution in [2.75, 3.05) is 19.0 Å². The first-order valence-electron chi connectivity index (χ1n) is 8.15. The summed E-state index contributed by atoms with van der Waals surface area (Å²) >= 11 is 8.49. The second-order valence-electron chi connectivity index (χ2n) is 5.88. The molecule has 0 spiro atoms. The van der Waals surface area contributed by atoms with E-state index in [2.05, 4.69) is 5.32 Å². The summed E-state index contributed by atoms with van der Waals surface area (Å²) in [6, 6.07) is 9.68. The molecule has 3 amide bonds. The van der Waals surface area contributed by atoms with Gasteiger partial charge in [-0.15, -0.1) is 0 Å². The van der Waals surface area contributed by atoms with E-state index in [9.17, 15) is 19.5 Å². The molecular weight excluding hydrogens is 531 g/mol. The van der Waals surface area contributed by atoms with Crippen LogP contribution >= 0.6 is 46.0 Å². The molecule has 10 heteroatoms. The summed E-state index contributed by atoms with van der Waals surface area (Å²) in [7, 11) is 1.42. The fraction of sp³-hybridized carbons (Fsp3) is 0.105. The summed E-state index contributed by atoms with van der Waals surface area (Å²) in [5, 5.41) is 12.5. The predicted molar refractivity (Wildman–Crippen MR) is 120 cm³/mol. The maximum atomic E-state index is 12.6. The number of carbonyl (C=O) groups excluding carboxylic acids is 3. The van der Waals surface area contributed by atoms with Crippen LogP contribution in [0.3, 0.4) is 0 Å². The van der Waals surface area contributed by atoms with Crippen LogP contribution in [-0.4, -0.2) is 40.7 Å². The minimum absolute atomic E-state index is 0.00257. The summed E-state index contributed by atoms with van der Waals surface area (Å²) in [6.07, 6.45) is 1.52. The highest BCUT2D eigenvalue weighted by Gasteiger charge is 2.36. The SMILES string of the molecule is COc1cc(/C=C2/SC(=O)N(CC(=O)Nc3ccc(Cl)cc3)C2=O)cc(I)c1O. The van der Waals surface area contributed by atoms with Crippen molar-refractivity contribution < 1.29 is 24.2 Å². The standard InChI is InChI=1S/C19H14ClIN2O5S/c1-28-14-7-10(6-13(21)17(14)25)8-15-18(26)23(19(27)29-15)9-16(24)22-12-4-2-11(20)3-5-12/h2-8,25H,9H2,1H3,(H,22,24)/b15-8+. The minimum atomic E-state index is -0.562. The molecule has 1 heterocycles. The number of phenolic OH excluding ortho intramolecular Hbond substituents is 1. The Labute approximate surface area is 189 Å². The average Bonchev–Trinajstić information content (AvgIpc) is 2.93. The van der Waals surface area contributed by atoms with Crippen LogP contribution in [0.2, 0.25) is 5.02 Å². The van der Waals surface area contributed by atoms with Gasteiger partial charge in [0.15, 0.2) is 11.5 Å². The zero-order valence-corrected chi connectivity index (χ0v) is 18.7. The number of benzene rings is 2. The number of phenols is 1. The first-order chi connectivity index (χ1) is 13.8. The lowest BCUT2D eigenvalue weighted by Crippen LogP contribution is -2.36. The van der Waals surface area contributed by atoms with Gasteiger partial charge in [-0.25, -0.2) is 0 Å². The number of aromatic hydroxyl groups is 1. The van der Waals surface area contributed by atoms with Gasteiger partial charge >= 0.3 is 0 Å². The van der Waals surface area contributed by atoms with Gasteiger partial charge in [-0.3, -0.25) is 19.3 Å². The molecule has 150 valence electrons. The molecule has 1 saturated heterocycles. The molecule has 2 aromatic carbocycles. The third kappa shape index (κ3) is 5.03. The van der Waals surface area contributed by atoms with Gasteiger partial charge in [-0.2, -0.15) is 0 Å². The number of carbonyl (C=O) groups is 3. The number of ether oxygens (including phenoxy) is 1. The molecule has 2 N–H and O–H groups in total. The van der Waals surface area contributed by atoms with E-state index in [1.165, 1.54) is 13.2 Å². The Morgan fingerprint density at radius 1 is 1.31 bits per heavy atom. The van der Waals surface area contributed by atoms with Gasteiger partial charge in [-0.1, -0.05) is 11.6 Å². The van der Waals surface area contributed by atoms with E-state index in [1.807, 2.05) is 22.6 Å². The molecular formula is C19H14ClIN2O5S. The van der Waals surface area contributed by atoms with E-state index in [4.69, 9.17) is 16.3 Å². The van der Waals surface area contributed by atoms with Crippen molar-refractivity contribution in [3.05, 3.63) is 55.5 Å². The van der Waals surface area contributed by atoms with Gasteiger partial charge < -0.3 is 15.2 Å². The lowest BCUT2D eigenvalue weighted by molar-refractivity contribution is -0.127. The van der Waals surface area contributed by atoms with Crippen LogP contribution in [0.25, 0.3) is 6.08 Å². The Bertz CT molecular complexity index is 1030. The van der Waals surface area contributed by atoms with Crippen molar-refractivity contribution in [1.29, 1.82) is 0 Å². The third-order valence-electron chi connectivity index (χ3n) is 3.87. The van der Waals surface area contributed by atoms with Crippen LogP contribution in [0.1, 0.15) is 5.56 Å². The van der Waals surface area contributed by atoms with Crippen molar-refractivity contribution in [1.82, 2.24) is 4.90 Å². The molecule has 29 heavy (non-hydrogen) atoms. The van der Waals surface area contributed by atoms with Gasteiger partial charge in [0, 0.05) is 10.7 Å². The Balaban J connectivity index is 1.74. The van der Waals surface area contributed by atoms with Crippen LogP contribution in [0.15, 0.2) is 41.3 Å². The number of hydrogen-bond donors (Lipinski definition) is 2. The van der Waals surface area contributed by atoms with Gasteiger partial charge in [0.05, 0.1) is 15.6 Å². The summed E-state index contributed by atoms with van der Waals surface area (Å²) in [5.74, 6) is -0.813. The summed E-state index contributed by atoms with van der Waals surface area (Å²) < 4.78 is 5.64. The smallest absolute Gasteiger partial charge is 0.294 e. The third-order valence-corrected chi connectivity index (χ3v) is 5.85. The van der Waals surface area contributed by atoms with Gasteiger partial charge in [0.2, 0.25) is 5.91 Å². The molecule has 3 rings (SSSR count). The van der Waals surface area contributed by atoms with Crippen LogP contribution in [0.5, 0.6) is 11.5 Å². The molecule has 2 aromatic rings. The van der Waals surface area contributed by atoms with E-state index >= 15 is 0 Å². The number of anilines is 1. The van der Waals surface area contributed by atoms with E-state index in [0.29, 0.717) is 19.8 Å². The number of hydrogen-bond acceptors (Lipinski definition) is 6. The molecule has 0 aliphatic carbocycles. The number of rotatable bonds is 5. The Kier molecular flexibility index (Phi) is 6.70. The topological polar surface area (TPSA) is 95.9 Å². The van der Waals surface area contributed by atoms with E-state index in [-0.39, 0.29) is 16.4 Å². The van der Waals surface area contributed by atoms with E-state index in [0.717, 1.165) is 16.7 Å². The largest absolute Gasteiger partial charge is 0.504 e. The maximum Gasteiger partial charge on any atom is 0.294 e. The number of halogens is 2. The molecule has 0 bridgehead atoms. The number of nitrogens with one attached hydrogen (secondary N) is 1. The highest BCUT2D eigenvalue weighted by molar-refractivity contribution is 14.1. The zero-order chi connectivity index (χ0) is 21.1. The van der Waals surface area contributed by atoms with Gasteiger partial charge in [0.25, 0.3) is 11.1 Å². The molecule has 7 nitrogen and oxygen atoms in total. The zero-order valence-electron chi connectivity index (χ0n) is 14.9. The maximum absolute atomic E-state index is 12.6. The van der Waals surface area contributed by atoms with E-state index in [1.54, 1.807) is 36.4 Å². The van der Waals surface area contributed by atoms with Crippen LogP contribution in [-0.2, 0) is 9.59 Å². The first kappa shape index (κ1) is 21.5. The monoisotopic (exact) mass is 544 g/mol. The molecule has 0 atom stereocenters. The lowest BCUT2D eigenvalue weighted by atomic mass is 10.2. The number of thioether (sulfide) groups is 1. The van der Waals surface area contributed by atoms with Gasteiger partial charge in [0.1, 0.15) is 6.54 Å². The van der Waals surface area contributed by atoms with Crippen LogP contribution in [0, 0.1) is 3.57 Å². The molecule has 1 aliphatic heterocycles. The van der Waals surface area contributed by atoms with Crippen molar-refractivity contribution in [2.45, 2.75) is 0 Å². The van der Waals surface area contributed by atoms with Crippen molar-refractivity contribution in [3.8, 4) is 11.5 Å². The number of methoxy groups -OCH3 is 1. The fourth-order valence-corrected chi connectivity index (χ4v) is 4.09. The van der Waals surface area contributed by atoms with Gasteiger partial charge in [-0.05, 0) is 82.4 Å². The summed E-state index contributed by atoms with van der Waals surface area (Å²) in [5.41, 5.74) is 1.09.